The van der Waals surface area contributed by atoms with E-state index in [-0.39, 0.29) is 17.1 Å². The molecule has 6 nitrogen and oxygen atoms in total. The molecule has 0 saturated carbocycles. The molecule has 1 amide bonds. The molecule has 3 rings (SSSR count). The molecule has 0 radical (unpaired) electrons. The molecule has 6 heteroatoms. The summed E-state index contributed by atoms with van der Waals surface area (Å²) >= 11 is 0. The lowest BCUT2D eigenvalue weighted by atomic mass is 9.87. The molecule has 3 aromatic rings. The molecule has 128 valence electrons. The lowest BCUT2D eigenvalue weighted by Gasteiger charge is -2.19. The Morgan fingerprint density at radius 2 is 1.64 bits per heavy atom. The van der Waals surface area contributed by atoms with E-state index in [1.54, 1.807) is 24.3 Å². The number of aromatic nitrogens is 2. The van der Waals surface area contributed by atoms with E-state index in [0.717, 1.165) is 5.69 Å². The highest BCUT2D eigenvalue weighted by Gasteiger charge is 2.13. The Hall–Kier alpha value is -3.15. The zero-order valence-electron chi connectivity index (χ0n) is 14.4. The number of rotatable bonds is 4. The molecule has 0 fully saturated rings. The zero-order valence-corrected chi connectivity index (χ0v) is 14.4. The van der Waals surface area contributed by atoms with Crippen LogP contribution in [0.15, 0.2) is 59.2 Å². The van der Waals surface area contributed by atoms with Gasteiger partial charge in [0.2, 0.25) is 0 Å². The van der Waals surface area contributed by atoms with Gasteiger partial charge in [-0.15, -0.1) is 10.2 Å². The van der Waals surface area contributed by atoms with Crippen LogP contribution in [-0.2, 0) is 5.41 Å². The first-order valence-electron chi connectivity index (χ1n) is 7.98. The van der Waals surface area contributed by atoms with Crippen molar-refractivity contribution >= 4 is 23.2 Å². The molecule has 0 bridgehead atoms. The second-order valence-corrected chi connectivity index (χ2v) is 6.69. The standard InChI is InChI=1S/C19H20N4O2/c1-19(2,3)13-6-8-14(9-7-13)20-16-10-11-17(23-22-16)21-18(24)15-5-4-12-25-15/h4-12H,1-3H3,(H,20,22)(H,21,23,24). The third-order valence-corrected chi connectivity index (χ3v) is 3.67. The van der Waals surface area contributed by atoms with E-state index in [4.69, 9.17) is 4.42 Å². The topological polar surface area (TPSA) is 80.0 Å². The predicted octanol–water partition coefficient (Wildman–Crippen LogP) is 4.36. The van der Waals surface area contributed by atoms with Crippen LogP contribution in [-0.4, -0.2) is 16.1 Å². The van der Waals surface area contributed by atoms with Gasteiger partial charge in [0.1, 0.15) is 0 Å². The molecule has 0 spiro atoms. The molecule has 0 aliphatic carbocycles. The second kappa shape index (κ2) is 6.76. The van der Waals surface area contributed by atoms with Gasteiger partial charge >= 0.3 is 0 Å². The fourth-order valence-electron chi connectivity index (χ4n) is 2.25. The minimum atomic E-state index is -0.363. The van der Waals surface area contributed by atoms with Gasteiger partial charge in [0.05, 0.1) is 6.26 Å². The highest BCUT2D eigenvalue weighted by Crippen LogP contribution is 2.24. The Labute approximate surface area is 146 Å². The summed E-state index contributed by atoms with van der Waals surface area (Å²) in [5.74, 6) is 0.815. The van der Waals surface area contributed by atoms with Crippen molar-refractivity contribution in [3.05, 3.63) is 66.1 Å². The van der Waals surface area contributed by atoms with Gasteiger partial charge in [0, 0.05) is 5.69 Å². The maximum absolute atomic E-state index is 11.9. The molecule has 0 aliphatic rings. The Morgan fingerprint density at radius 3 is 2.20 bits per heavy atom. The van der Waals surface area contributed by atoms with Crippen molar-refractivity contribution in [3.63, 3.8) is 0 Å². The maximum Gasteiger partial charge on any atom is 0.292 e. The number of anilines is 3. The monoisotopic (exact) mass is 336 g/mol. The largest absolute Gasteiger partial charge is 0.459 e. The Morgan fingerprint density at radius 1 is 0.960 bits per heavy atom. The van der Waals surface area contributed by atoms with Crippen molar-refractivity contribution in [3.8, 4) is 0 Å². The van der Waals surface area contributed by atoms with Crippen molar-refractivity contribution in [2.75, 3.05) is 10.6 Å². The number of carbonyl (C=O) groups is 1. The summed E-state index contributed by atoms with van der Waals surface area (Å²) in [6.07, 6.45) is 1.44. The summed E-state index contributed by atoms with van der Waals surface area (Å²) in [6.45, 7) is 6.53. The van der Waals surface area contributed by atoms with Crippen LogP contribution < -0.4 is 10.6 Å². The van der Waals surface area contributed by atoms with Crippen molar-refractivity contribution < 1.29 is 9.21 Å². The predicted molar refractivity (Wildman–Crippen MR) is 97.1 cm³/mol. The summed E-state index contributed by atoms with van der Waals surface area (Å²) in [6, 6.07) is 14.9. The molecular weight excluding hydrogens is 316 g/mol. The minimum Gasteiger partial charge on any atom is -0.459 e. The molecule has 2 N–H and O–H groups in total. The number of furan rings is 1. The van der Waals surface area contributed by atoms with Gasteiger partial charge in [0.15, 0.2) is 17.4 Å². The zero-order chi connectivity index (χ0) is 17.9. The van der Waals surface area contributed by atoms with Gasteiger partial charge < -0.3 is 15.1 Å². The fraction of sp³-hybridized carbons (Fsp3) is 0.211. The summed E-state index contributed by atoms with van der Waals surface area (Å²) in [4.78, 5) is 11.9. The molecule has 0 aliphatic heterocycles. The van der Waals surface area contributed by atoms with Crippen LogP contribution in [0.25, 0.3) is 0 Å². The van der Waals surface area contributed by atoms with Crippen LogP contribution in [0.4, 0.5) is 17.3 Å². The highest BCUT2D eigenvalue weighted by molar-refractivity contribution is 6.01. The van der Waals surface area contributed by atoms with Crippen LogP contribution in [0.5, 0.6) is 0 Å². The molecule has 25 heavy (non-hydrogen) atoms. The summed E-state index contributed by atoms with van der Waals surface area (Å²) in [5, 5.41) is 13.9. The first kappa shape index (κ1) is 16.7. The lowest BCUT2D eigenvalue weighted by Crippen LogP contribution is -2.12. The molecule has 2 aromatic heterocycles. The second-order valence-electron chi connectivity index (χ2n) is 6.69. The molecule has 0 atom stereocenters. The number of hydrogen-bond acceptors (Lipinski definition) is 5. The Bertz CT molecular complexity index is 833. The van der Waals surface area contributed by atoms with Crippen molar-refractivity contribution in [1.29, 1.82) is 0 Å². The fourth-order valence-corrected chi connectivity index (χ4v) is 2.25. The number of carbonyl (C=O) groups excluding carboxylic acids is 1. The smallest absolute Gasteiger partial charge is 0.292 e. The SMILES string of the molecule is CC(C)(C)c1ccc(Nc2ccc(NC(=O)c3ccco3)nn2)cc1. The van der Waals surface area contributed by atoms with E-state index >= 15 is 0 Å². The Kier molecular flexibility index (Phi) is 4.52. The van der Waals surface area contributed by atoms with Gasteiger partial charge in [-0.1, -0.05) is 32.9 Å². The number of nitrogens with zero attached hydrogens (tertiary/aromatic N) is 2. The molecule has 1 aromatic carbocycles. The Balaban J connectivity index is 1.63. The van der Waals surface area contributed by atoms with Gasteiger partial charge in [-0.2, -0.15) is 0 Å². The number of hydrogen-bond donors (Lipinski definition) is 2. The normalized spacial score (nSPS) is 11.2. The van der Waals surface area contributed by atoms with Crippen molar-refractivity contribution in [1.82, 2.24) is 10.2 Å². The van der Waals surface area contributed by atoms with Crippen LogP contribution >= 0.6 is 0 Å². The van der Waals surface area contributed by atoms with Crippen molar-refractivity contribution in [2.45, 2.75) is 26.2 Å². The molecule has 2 heterocycles. The van der Waals surface area contributed by atoms with Crippen LogP contribution in [0.3, 0.4) is 0 Å². The van der Waals surface area contributed by atoms with Gasteiger partial charge in [-0.05, 0) is 47.4 Å². The third kappa shape index (κ3) is 4.23. The van der Waals surface area contributed by atoms with E-state index in [2.05, 4.69) is 53.7 Å². The van der Waals surface area contributed by atoms with Gasteiger partial charge in [0.25, 0.3) is 5.91 Å². The summed E-state index contributed by atoms with van der Waals surface area (Å²) in [5.41, 5.74) is 2.31. The van der Waals surface area contributed by atoms with Gasteiger partial charge in [-0.3, -0.25) is 4.79 Å². The highest BCUT2D eigenvalue weighted by atomic mass is 16.3. The van der Waals surface area contributed by atoms with Crippen molar-refractivity contribution in [2.24, 2.45) is 0 Å². The minimum absolute atomic E-state index is 0.117. The average Bonchev–Trinajstić information content (AvgIpc) is 3.11. The molecular formula is C19H20N4O2. The maximum atomic E-state index is 11.9. The number of nitrogens with one attached hydrogen (secondary N) is 2. The van der Waals surface area contributed by atoms with Crippen LogP contribution in [0, 0.1) is 0 Å². The van der Waals surface area contributed by atoms with E-state index in [1.165, 1.54) is 11.8 Å². The molecule has 0 unspecified atom stereocenters. The first-order chi connectivity index (χ1) is 11.9. The summed E-state index contributed by atoms with van der Waals surface area (Å²) < 4.78 is 5.03. The molecule has 0 saturated heterocycles. The number of amides is 1. The average molecular weight is 336 g/mol. The van der Waals surface area contributed by atoms with E-state index in [9.17, 15) is 4.79 Å². The van der Waals surface area contributed by atoms with E-state index in [1.807, 2.05) is 12.1 Å². The summed E-state index contributed by atoms with van der Waals surface area (Å²) in [7, 11) is 0. The first-order valence-corrected chi connectivity index (χ1v) is 7.98. The quantitative estimate of drug-likeness (QED) is 0.740. The van der Waals surface area contributed by atoms with Crippen LogP contribution in [0.2, 0.25) is 0 Å². The number of benzene rings is 1. The van der Waals surface area contributed by atoms with Crippen LogP contribution in [0.1, 0.15) is 36.9 Å². The lowest BCUT2D eigenvalue weighted by molar-refractivity contribution is 0.0996. The third-order valence-electron chi connectivity index (χ3n) is 3.67. The van der Waals surface area contributed by atoms with Gasteiger partial charge in [-0.25, -0.2) is 0 Å². The van der Waals surface area contributed by atoms with E-state index in [0.29, 0.717) is 11.6 Å². The van der Waals surface area contributed by atoms with E-state index < -0.39 is 0 Å².